The molecule has 0 aromatic rings. The van der Waals surface area contributed by atoms with Gasteiger partial charge in [0.25, 0.3) is 0 Å². The van der Waals surface area contributed by atoms with Crippen LogP contribution in [-0.2, 0) is 23.7 Å². The predicted octanol–water partition coefficient (Wildman–Crippen LogP) is 0.217. The molecule has 0 rings (SSSR count). The van der Waals surface area contributed by atoms with Crippen molar-refractivity contribution in [2.24, 2.45) is 0 Å². The Kier molecular flexibility index (Phi) is 21.5. The maximum atomic E-state index is 9.08. The minimum Gasteiger partial charge on any atom is -0.394 e. The van der Waals surface area contributed by atoms with Gasteiger partial charge in [-0.25, -0.2) is 0 Å². The smallest absolute Gasteiger partial charge is 0.0781 e. The summed E-state index contributed by atoms with van der Waals surface area (Å²) in [5.41, 5.74) is 0. The van der Waals surface area contributed by atoms with Crippen LogP contribution in [0.3, 0.4) is 0 Å². The number of hydrogen-bond acceptors (Lipinski definition) is 8. The van der Waals surface area contributed by atoms with Gasteiger partial charge < -0.3 is 39.0 Å². The molecule has 4 unspecified atom stereocenters. The van der Waals surface area contributed by atoms with Crippen molar-refractivity contribution >= 4 is 0 Å². The van der Waals surface area contributed by atoms with Crippen LogP contribution in [0.1, 0.15) is 27.7 Å². The van der Waals surface area contributed by atoms with Gasteiger partial charge in [0.1, 0.15) is 0 Å². The van der Waals surface area contributed by atoms with Gasteiger partial charge in [0.05, 0.1) is 77.3 Å². The number of ether oxygens (including phenoxy) is 5. The lowest BCUT2D eigenvalue weighted by molar-refractivity contribution is -0.0844. The first-order valence-electron chi connectivity index (χ1n) is 8.68. The van der Waals surface area contributed by atoms with Crippen molar-refractivity contribution in [1.29, 1.82) is 0 Å². The van der Waals surface area contributed by atoms with E-state index in [0.717, 1.165) is 0 Å². The molecular formula is C17H38O8. The van der Waals surface area contributed by atoms with Crippen LogP contribution in [0.25, 0.3) is 0 Å². The second-order valence-corrected chi connectivity index (χ2v) is 5.80. The summed E-state index contributed by atoms with van der Waals surface area (Å²) in [5.74, 6) is 0. The van der Waals surface area contributed by atoms with Gasteiger partial charge in [0.15, 0.2) is 0 Å². The van der Waals surface area contributed by atoms with Crippen LogP contribution in [0.15, 0.2) is 0 Å². The third-order valence-electron chi connectivity index (χ3n) is 2.73. The summed E-state index contributed by atoms with van der Waals surface area (Å²) >= 11 is 0. The molecule has 0 bridgehead atoms. The fourth-order valence-corrected chi connectivity index (χ4v) is 1.51. The molecule has 0 saturated heterocycles. The minimum absolute atomic E-state index is 0.0157. The van der Waals surface area contributed by atoms with Gasteiger partial charge in [-0.15, -0.1) is 0 Å². The van der Waals surface area contributed by atoms with Gasteiger partial charge in [-0.3, -0.25) is 0 Å². The van der Waals surface area contributed by atoms with Gasteiger partial charge in [-0.1, -0.05) is 0 Å². The zero-order valence-electron chi connectivity index (χ0n) is 16.3. The molecule has 0 spiro atoms. The van der Waals surface area contributed by atoms with Crippen LogP contribution in [0.4, 0.5) is 0 Å². The molecule has 154 valence electrons. The van der Waals surface area contributed by atoms with E-state index in [4.69, 9.17) is 34.3 Å². The van der Waals surface area contributed by atoms with Crippen molar-refractivity contribution in [2.45, 2.75) is 52.1 Å². The molecule has 0 amide bonds. The fraction of sp³-hybridized carbons (Fsp3) is 1.00. The predicted molar refractivity (Wildman–Crippen MR) is 94.8 cm³/mol. The van der Waals surface area contributed by atoms with Crippen LogP contribution in [0.2, 0.25) is 0 Å². The van der Waals surface area contributed by atoms with E-state index in [1.807, 2.05) is 20.8 Å². The highest BCUT2D eigenvalue weighted by Crippen LogP contribution is 2.00. The second-order valence-electron chi connectivity index (χ2n) is 5.80. The van der Waals surface area contributed by atoms with Gasteiger partial charge >= 0.3 is 0 Å². The Morgan fingerprint density at radius 1 is 0.680 bits per heavy atom. The summed E-state index contributed by atoms with van der Waals surface area (Å²) in [5, 5.41) is 25.2. The molecule has 0 aromatic heterocycles. The lowest BCUT2D eigenvalue weighted by atomic mass is 10.3. The zero-order chi connectivity index (χ0) is 19.5. The number of hydrogen-bond donors (Lipinski definition) is 3. The highest BCUT2D eigenvalue weighted by atomic mass is 16.6. The van der Waals surface area contributed by atoms with E-state index >= 15 is 0 Å². The molecule has 0 aliphatic heterocycles. The molecule has 4 atom stereocenters. The van der Waals surface area contributed by atoms with E-state index in [1.165, 1.54) is 0 Å². The maximum Gasteiger partial charge on any atom is 0.0781 e. The molecule has 0 radical (unpaired) electrons. The Morgan fingerprint density at radius 2 is 1.08 bits per heavy atom. The highest BCUT2D eigenvalue weighted by molar-refractivity contribution is 4.55. The summed E-state index contributed by atoms with van der Waals surface area (Å²) in [7, 11) is 1.65. The lowest BCUT2D eigenvalue weighted by Gasteiger charge is -2.20. The van der Waals surface area contributed by atoms with Crippen LogP contribution in [0, 0.1) is 0 Å². The van der Waals surface area contributed by atoms with E-state index < -0.39 is 6.10 Å². The van der Waals surface area contributed by atoms with E-state index in [-0.39, 0.29) is 31.5 Å². The van der Waals surface area contributed by atoms with Crippen molar-refractivity contribution in [2.75, 3.05) is 60.0 Å². The number of methoxy groups -OCH3 is 1. The standard InChI is InChI=1S/C13H28O5.C4H10O3/c1-10(14)6-16-12(3)8-18-13(4)9-17-11(2)7-15-5;5-1-3-7-4-2-6/h10-14H,6-9H2,1-5H3;5-6H,1-4H2. The average Bonchev–Trinajstić information content (AvgIpc) is 2.57. The summed E-state index contributed by atoms with van der Waals surface area (Å²) < 4.78 is 26.1. The van der Waals surface area contributed by atoms with E-state index in [0.29, 0.717) is 39.6 Å². The Hall–Kier alpha value is -0.320. The van der Waals surface area contributed by atoms with Crippen molar-refractivity contribution in [1.82, 2.24) is 0 Å². The number of aliphatic hydroxyl groups excluding tert-OH is 3. The lowest BCUT2D eigenvalue weighted by Crippen LogP contribution is -2.27. The fourth-order valence-electron chi connectivity index (χ4n) is 1.51. The SMILES string of the molecule is COCC(C)OCC(C)OCC(C)OCC(C)O.OCCOCCO. The third-order valence-corrected chi connectivity index (χ3v) is 2.73. The largest absolute Gasteiger partial charge is 0.394 e. The highest BCUT2D eigenvalue weighted by Gasteiger charge is 2.10. The van der Waals surface area contributed by atoms with Crippen LogP contribution in [0.5, 0.6) is 0 Å². The molecule has 0 aliphatic rings. The summed E-state index contributed by atoms with van der Waals surface area (Å²) in [6, 6.07) is 0. The summed E-state index contributed by atoms with van der Waals surface area (Å²) in [6.07, 6.45) is -0.381. The first-order valence-corrected chi connectivity index (χ1v) is 8.68. The number of rotatable bonds is 15. The van der Waals surface area contributed by atoms with Crippen LogP contribution in [-0.4, -0.2) is 99.7 Å². The quantitative estimate of drug-likeness (QED) is 0.351. The molecule has 0 aliphatic carbocycles. The average molecular weight is 370 g/mol. The first kappa shape index (κ1) is 26.9. The molecule has 8 heteroatoms. The van der Waals surface area contributed by atoms with Crippen molar-refractivity contribution in [3.63, 3.8) is 0 Å². The number of aliphatic hydroxyl groups is 3. The van der Waals surface area contributed by atoms with Crippen molar-refractivity contribution in [3.05, 3.63) is 0 Å². The molecule has 0 fully saturated rings. The van der Waals surface area contributed by atoms with Crippen molar-refractivity contribution < 1.29 is 39.0 Å². The summed E-state index contributed by atoms with van der Waals surface area (Å²) in [4.78, 5) is 0. The van der Waals surface area contributed by atoms with Crippen molar-refractivity contribution in [3.8, 4) is 0 Å². The van der Waals surface area contributed by atoms with Crippen LogP contribution < -0.4 is 0 Å². The minimum atomic E-state index is -0.442. The molecule has 8 nitrogen and oxygen atoms in total. The molecule has 25 heavy (non-hydrogen) atoms. The van der Waals surface area contributed by atoms with Gasteiger partial charge in [0, 0.05) is 7.11 Å². The Labute approximate surface area is 152 Å². The first-order chi connectivity index (χ1) is 11.9. The molecular weight excluding hydrogens is 332 g/mol. The zero-order valence-corrected chi connectivity index (χ0v) is 16.3. The normalized spacial score (nSPS) is 15.8. The second kappa shape index (κ2) is 20.0. The van der Waals surface area contributed by atoms with Gasteiger partial charge in [-0.2, -0.15) is 0 Å². The molecule has 0 aromatic carbocycles. The van der Waals surface area contributed by atoms with Gasteiger partial charge in [0.2, 0.25) is 0 Å². The third kappa shape index (κ3) is 23.7. The maximum absolute atomic E-state index is 9.08. The van der Waals surface area contributed by atoms with Gasteiger partial charge in [-0.05, 0) is 27.7 Å². The monoisotopic (exact) mass is 370 g/mol. The van der Waals surface area contributed by atoms with E-state index in [2.05, 4.69) is 4.74 Å². The van der Waals surface area contributed by atoms with Crippen LogP contribution >= 0.6 is 0 Å². The topological polar surface area (TPSA) is 107 Å². The van der Waals surface area contributed by atoms with E-state index in [1.54, 1.807) is 14.0 Å². The molecule has 3 N–H and O–H groups in total. The molecule has 0 saturated carbocycles. The molecule has 0 heterocycles. The Bertz CT molecular complexity index is 249. The summed E-state index contributed by atoms with van der Waals surface area (Å²) in [6.45, 7) is 10.2. The van der Waals surface area contributed by atoms with E-state index in [9.17, 15) is 0 Å². The Balaban J connectivity index is 0. The Morgan fingerprint density at radius 3 is 1.44 bits per heavy atom.